The number of nitrogens with zero attached hydrogens (tertiary/aromatic N) is 2. The average Bonchev–Trinajstić information content (AvgIpc) is 2.96. The van der Waals surface area contributed by atoms with Crippen molar-refractivity contribution in [1.29, 1.82) is 0 Å². The molecule has 0 aliphatic heterocycles. The highest BCUT2D eigenvalue weighted by Crippen LogP contribution is 2.15. The van der Waals surface area contributed by atoms with Gasteiger partial charge < -0.3 is 15.4 Å². The van der Waals surface area contributed by atoms with Gasteiger partial charge in [0.25, 0.3) is 0 Å². The number of alkyl halides is 3. The topological polar surface area (TPSA) is 102 Å². The number of aromatic nitrogens is 2. The number of halogens is 5. The molecule has 11 heteroatoms. The molecule has 0 bridgehead atoms. The molecule has 0 saturated carbocycles. The second-order valence-electron chi connectivity index (χ2n) is 4.15. The maximum Gasteiger partial charge on any atom is 0.490 e. The van der Waals surface area contributed by atoms with E-state index in [-0.39, 0.29) is 0 Å². The summed E-state index contributed by atoms with van der Waals surface area (Å²) < 4.78 is 61.8. The molecule has 0 amide bonds. The Morgan fingerprint density at radius 1 is 1.30 bits per heavy atom. The van der Waals surface area contributed by atoms with E-state index in [1.54, 1.807) is 0 Å². The van der Waals surface area contributed by atoms with E-state index in [9.17, 15) is 22.0 Å². The van der Waals surface area contributed by atoms with Gasteiger partial charge >= 0.3 is 12.1 Å². The Morgan fingerprint density at radius 3 is 2.35 bits per heavy atom. The molecule has 0 spiro atoms. The maximum atomic E-state index is 12.9. The van der Waals surface area contributed by atoms with Crippen molar-refractivity contribution >= 4 is 5.97 Å². The quantitative estimate of drug-likeness (QED) is 0.832. The fraction of sp³-hybridized carbons (Fsp3) is 0.250. The van der Waals surface area contributed by atoms with Gasteiger partial charge in [0.15, 0.2) is 17.5 Å². The lowest BCUT2D eigenvalue weighted by Gasteiger charge is -2.07. The van der Waals surface area contributed by atoms with Crippen LogP contribution in [0, 0.1) is 11.6 Å². The van der Waals surface area contributed by atoms with E-state index in [0.29, 0.717) is 17.8 Å². The standard InChI is InChI=1S/C10H9F2N3O.C2HF3O2/c11-7-2-1-6(3-8(7)12)4-9(13)10-14-5-16-15-10;3-2(4,5)1(6)7/h1-3,5,9H,4,13H2;(H,6,7)/t9-;/m1./s1. The van der Waals surface area contributed by atoms with Crippen molar-refractivity contribution in [3.05, 3.63) is 47.6 Å². The molecule has 1 heterocycles. The SMILES string of the molecule is N[C@H](Cc1ccc(F)c(F)c1)c1ncon1.O=C(O)C(F)(F)F. The Hall–Kier alpha value is -2.56. The van der Waals surface area contributed by atoms with Crippen LogP contribution in [0.15, 0.2) is 29.1 Å². The molecule has 3 N–H and O–H groups in total. The largest absolute Gasteiger partial charge is 0.490 e. The first kappa shape index (κ1) is 18.5. The van der Waals surface area contributed by atoms with Gasteiger partial charge in [-0.1, -0.05) is 11.2 Å². The molecule has 0 fully saturated rings. The Labute approximate surface area is 125 Å². The third kappa shape index (κ3) is 5.98. The second kappa shape index (κ2) is 7.63. The molecular weight excluding hydrogens is 329 g/mol. The van der Waals surface area contributed by atoms with Gasteiger partial charge in [-0.25, -0.2) is 13.6 Å². The van der Waals surface area contributed by atoms with Gasteiger partial charge in [-0.2, -0.15) is 18.2 Å². The van der Waals surface area contributed by atoms with Crippen LogP contribution in [0.5, 0.6) is 0 Å². The van der Waals surface area contributed by atoms with Crippen LogP contribution in [0.2, 0.25) is 0 Å². The minimum absolute atomic E-state index is 0.316. The van der Waals surface area contributed by atoms with Crippen LogP contribution in [0.1, 0.15) is 17.4 Å². The lowest BCUT2D eigenvalue weighted by atomic mass is 10.1. The van der Waals surface area contributed by atoms with Crippen molar-refractivity contribution in [1.82, 2.24) is 10.1 Å². The highest BCUT2D eigenvalue weighted by Gasteiger charge is 2.38. The zero-order valence-electron chi connectivity index (χ0n) is 11.2. The first-order chi connectivity index (χ1) is 10.6. The number of carboxylic acid groups (broad SMARTS) is 1. The molecule has 6 nitrogen and oxygen atoms in total. The van der Waals surface area contributed by atoms with Gasteiger partial charge in [0, 0.05) is 0 Å². The summed E-state index contributed by atoms with van der Waals surface area (Å²) in [7, 11) is 0. The van der Waals surface area contributed by atoms with Crippen molar-refractivity contribution in [2.24, 2.45) is 5.73 Å². The normalized spacial score (nSPS) is 12.3. The number of nitrogens with two attached hydrogens (primary N) is 1. The van der Waals surface area contributed by atoms with E-state index < -0.39 is 29.8 Å². The highest BCUT2D eigenvalue weighted by molar-refractivity contribution is 5.73. The fourth-order valence-electron chi connectivity index (χ4n) is 1.35. The summed E-state index contributed by atoms with van der Waals surface area (Å²) in [6.45, 7) is 0. The average molecular weight is 339 g/mol. The van der Waals surface area contributed by atoms with E-state index in [2.05, 4.69) is 14.7 Å². The summed E-state index contributed by atoms with van der Waals surface area (Å²) in [5.74, 6) is -4.19. The van der Waals surface area contributed by atoms with Crippen LogP contribution >= 0.6 is 0 Å². The van der Waals surface area contributed by atoms with Crippen LogP contribution < -0.4 is 5.73 Å². The molecule has 0 radical (unpaired) electrons. The van der Waals surface area contributed by atoms with Gasteiger partial charge in [0.2, 0.25) is 6.39 Å². The van der Waals surface area contributed by atoms with Crippen LogP contribution in [-0.4, -0.2) is 27.4 Å². The molecule has 1 aromatic carbocycles. The summed E-state index contributed by atoms with van der Waals surface area (Å²) in [6, 6.07) is 3.14. The number of hydrogen-bond donors (Lipinski definition) is 2. The number of aliphatic carboxylic acids is 1. The summed E-state index contributed by atoms with van der Waals surface area (Å²) in [6.07, 6.45) is -3.60. The number of benzene rings is 1. The van der Waals surface area contributed by atoms with Crippen LogP contribution in [0.3, 0.4) is 0 Å². The number of rotatable bonds is 3. The fourth-order valence-corrected chi connectivity index (χ4v) is 1.35. The molecule has 23 heavy (non-hydrogen) atoms. The van der Waals surface area contributed by atoms with Crippen molar-refractivity contribution in [3.8, 4) is 0 Å². The van der Waals surface area contributed by atoms with E-state index in [4.69, 9.17) is 15.6 Å². The molecule has 0 unspecified atom stereocenters. The van der Waals surface area contributed by atoms with Crippen molar-refractivity contribution in [3.63, 3.8) is 0 Å². The van der Waals surface area contributed by atoms with Crippen molar-refractivity contribution in [2.45, 2.75) is 18.6 Å². The van der Waals surface area contributed by atoms with E-state index in [1.165, 1.54) is 12.5 Å². The minimum Gasteiger partial charge on any atom is -0.475 e. The van der Waals surface area contributed by atoms with Gasteiger partial charge in [0.1, 0.15) is 0 Å². The molecule has 0 saturated heterocycles. The molecule has 0 aliphatic carbocycles. The monoisotopic (exact) mass is 339 g/mol. The smallest absolute Gasteiger partial charge is 0.475 e. The van der Waals surface area contributed by atoms with Gasteiger partial charge in [0.05, 0.1) is 6.04 Å². The predicted octanol–water partition coefficient (Wildman–Crippen LogP) is 2.22. The Bertz CT molecular complexity index is 646. The Morgan fingerprint density at radius 2 is 1.91 bits per heavy atom. The molecule has 1 aromatic heterocycles. The highest BCUT2D eigenvalue weighted by atomic mass is 19.4. The van der Waals surface area contributed by atoms with Crippen LogP contribution in [0.25, 0.3) is 0 Å². The lowest BCUT2D eigenvalue weighted by molar-refractivity contribution is -0.192. The van der Waals surface area contributed by atoms with Crippen molar-refractivity contribution in [2.75, 3.05) is 0 Å². The molecule has 2 aromatic rings. The lowest BCUT2D eigenvalue weighted by Crippen LogP contribution is -2.21. The Balaban J connectivity index is 0.000000322. The summed E-state index contributed by atoms with van der Waals surface area (Å²) in [4.78, 5) is 12.7. The number of hydrogen-bond acceptors (Lipinski definition) is 5. The zero-order chi connectivity index (χ0) is 17.6. The van der Waals surface area contributed by atoms with Crippen molar-refractivity contribution < 1.29 is 36.4 Å². The number of carboxylic acids is 1. The van der Waals surface area contributed by atoms with Crippen LogP contribution in [0.4, 0.5) is 22.0 Å². The molecule has 126 valence electrons. The predicted molar refractivity (Wildman–Crippen MR) is 65.0 cm³/mol. The molecule has 0 aliphatic rings. The first-order valence-electron chi connectivity index (χ1n) is 5.87. The third-order valence-electron chi connectivity index (χ3n) is 2.39. The van der Waals surface area contributed by atoms with E-state index >= 15 is 0 Å². The molecule has 2 rings (SSSR count). The van der Waals surface area contributed by atoms with Gasteiger partial charge in [-0.15, -0.1) is 0 Å². The summed E-state index contributed by atoms with van der Waals surface area (Å²) in [5.41, 5.74) is 6.34. The second-order valence-corrected chi connectivity index (χ2v) is 4.15. The number of carbonyl (C=O) groups is 1. The summed E-state index contributed by atoms with van der Waals surface area (Å²) in [5, 5.41) is 10.7. The molecule has 1 atom stereocenters. The molecular formula is C12H10F5N3O3. The van der Waals surface area contributed by atoms with E-state index in [1.807, 2.05) is 0 Å². The first-order valence-corrected chi connectivity index (χ1v) is 5.87. The van der Waals surface area contributed by atoms with E-state index in [0.717, 1.165) is 12.1 Å². The van der Waals surface area contributed by atoms with Gasteiger partial charge in [-0.3, -0.25) is 0 Å². The van der Waals surface area contributed by atoms with Crippen LogP contribution in [-0.2, 0) is 11.2 Å². The summed E-state index contributed by atoms with van der Waals surface area (Å²) >= 11 is 0. The third-order valence-corrected chi connectivity index (χ3v) is 2.39. The maximum absolute atomic E-state index is 12.9. The minimum atomic E-state index is -5.08. The van der Waals surface area contributed by atoms with Gasteiger partial charge in [-0.05, 0) is 24.1 Å². The zero-order valence-corrected chi connectivity index (χ0v) is 11.2. The Kier molecular flexibility index (Phi) is 6.13.